The Morgan fingerprint density at radius 2 is 1.50 bits per heavy atom. The van der Waals surface area contributed by atoms with Crippen LogP contribution in [0.3, 0.4) is 0 Å². The van der Waals surface area contributed by atoms with Gasteiger partial charge in [0, 0.05) is 19.5 Å². The molecule has 3 nitrogen and oxygen atoms in total. The summed E-state index contributed by atoms with van der Waals surface area (Å²) in [6, 6.07) is 0. The molecule has 0 N–H and O–H groups in total. The molecule has 0 saturated carbocycles. The van der Waals surface area contributed by atoms with Crippen LogP contribution < -0.4 is 0 Å². The molecule has 0 spiro atoms. The Balaban J connectivity index is 0. The third-order valence-electron chi connectivity index (χ3n) is 0.111. The molecule has 0 aromatic carbocycles. The molecule has 0 heterocycles. The minimum atomic E-state index is -2.02. The summed E-state index contributed by atoms with van der Waals surface area (Å²) in [5, 5.41) is 0. The van der Waals surface area contributed by atoms with Gasteiger partial charge in [0.05, 0.1) is 0 Å². The Labute approximate surface area is 91.6 Å². The molecule has 0 fully saturated rings. The maximum Gasteiger partial charge on any atom is 0 e. The molecule has 0 aromatic heterocycles. The van der Waals surface area contributed by atoms with Crippen molar-refractivity contribution in [3.05, 3.63) is 0 Å². The molecule has 6 heavy (non-hydrogen) atoms. The van der Waals surface area contributed by atoms with E-state index in [2.05, 4.69) is -2.72 Å². The Bertz CT molecular complexity index is 38.1. The van der Waals surface area contributed by atoms with E-state index in [9.17, 15) is 1.99 Å². The second-order valence-electron chi connectivity index (χ2n) is 0.329. The van der Waals surface area contributed by atoms with E-state index in [1.54, 1.807) is 0 Å². The van der Waals surface area contributed by atoms with E-state index in [1.807, 2.05) is 0 Å². The van der Waals surface area contributed by atoms with E-state index in [4.69, 9.17) is 0 Å². The summed E-state index contributed by atoms with van der Waals surface area (Å²) in [6.07, 6.45) is 0. The third kappa shape index (κ3) is 10.0. The van der Waals surface area contributed by atoms with Gasteiger partial charge in [-0.2, -0.15) is 0 Å². The Kier molecular flexibility index (Phi) is 21.0. The quantitative estimate of drug-likeness (QED) is 0.565. The second kappa shape index (κ2) is 10.8. The monoisotopic (exact) mass is 432 g/mol. The van der Waals surface area contributed by atoms with Crippen LogP contribution in [0.5, 0.6) is 0 Å². The molecule has 0 unspecified atom stereocenters. The standard InChI is InChI=1S/3O.2Pr.Ru. The summed E-state index contributed by atoms with van der Waals surface area (Å²) in [7, 11) is 0. The van der Waals surface area contributed by atoms with Gasteiger partial charge < -0.3 is 0 Å². The van der Waals surface area contributed by atoms with Crippen LogP contribution in [-0.4, -0.2) is 0 Å². The van der Waals surface area contributed by atoms with E-state index in [0.717, 1.165) is 0 Å². The van der Waals surface area contributed by atoms with Gasteiger partial charge in [0.15, 0.2) is 0 Å². The van der Waals surface area contributed by atoms with E-state index >= 15 is 0 Å². The van der Waals surface area contributed by atoms with Crippen molar-refractivity contribution in [1.82, 2.24) is 0 Å². The summed E-state index contributed by atoms with van der Waals surface area (Å²) in [4.78, 5) is 0. The first-order valence-electron chi connectivity index (χ1n) is 0.943. The van der Waals surface area contributed by atoms with Gasteiger partial charge in [-0.05, 0) is 0 Å². The molecule has 0 aliphatic heterocycles. The first-order valence-corrected chi connectivity index (χ1v) is 6.99. The van der Waals surface area contributed by atoms with Crippen LogP contribution in [0.1, 0.15) is 0 Å². The molecule has 0 rings (SSSR count). The van der Waals surface area contributed by atoms with Gasteiger partial charge in [-0.25, -0.2) is 0 Å². The largest absolute Gasteiger partial charge is 0 e. The van der Waals surface area contributed by atoms with Crippen LogP contribution in [0, 0.1) is 75.7 Å². The molecular weight excluding hydrogens is 431 g/mol. The van der Waals surface area contributed by atoms with Gasteiger partial charge in [0.1, 0.15) is 0 Å². The van der Waals surface area contributed by atoms with Crippen molar-refractivity contribution in [2.75, 3.05) is 0 Å². The molecule has 0 radical (unpaired) electrons. The van der Waals surface area contributed by atoms with Crippen molar-refractivity contribution in [2.45, 2.75) is 0 Å². The summed E-state index contributed by atoms with van der Waals surface area (Å²) in [5.74, 6) is 0. The zero-order valence-electron chi connectivity index (χ0n) is 2.73. The van der Waals surface area contributed by atoms with Crippen LogP contribution in [0.2, 0.25) is 0 Å². The van der Waals surface area contributed by atoms with Crippen LogP contribution in [0.15, 0.2) is 0 Å². The SMILES string of the molecule is [O]=[Pr][O][Pr]=[O].[Ru]. The average Bonchev–Trinajstić information content (AvgIpc) is 1.41. The van der Waals surface area contributed by atoms with Crippen LogP contribution >= 0.6 is 0 Å². The fourth-order valence-corrected chi connectivity index (χ4v) is 1.25. The molecule has 6 heteroatoms. The summed E-state index contributed by atoms with van der Waals surface area (Å²) in [5.41, 5.74) is 0. The molecular formula is O3Pr2Ru. The molecule has 0 aliphatic rings. The van der Waals surface area contributed by atoms with Crippen LogP contribution in [0.25, 0.3) is 0 Å². The molecule has 0 bridgehead atoms. The zero-order valence-corrected chi connectivity index (χ0v) is 11.9. The van der Waals surface area contributed by atoms with Crippen molar-refractivity contribution in [2.24, 2.45) is 0 Å². The predicted octanol–water partition coefficient (Wildman–Crippen LogP) is -0.308. The molecule has 0 aromatic rings. The van der Waals surface area contributed by atoms with Crippen molar-refractivity contribution in [1.29, 1.82) is 0 Å². The van der Waals surface area contributed by atoms with Gasteiger partial charge in [-0.15, -0.1) is 0 Å². The van der Waals surface area contributed by atoms with Crippen LogP contribution in [-0.2, 0) is 18.7 Å². The van der Waals surface area contributed by atoms with E-state index in [-0.39, 0.29) is 19.5 Å². The van der Waals surface area contributed by atoms with Crippen molar-refractivity contribution >= 4 is 0 Å². The van der Waals surface area contributed by atoms with E-state index in [1.165, 1.54) is 0 Å². The van der Waals surface area contributed by atoms with Gasteiger partial charge >= 0.3 is 75.0 Å². The maximum atomic E-state index is 9.37. The zero-order chi connectivity index (χ0) is 4.12. The molecule has 0 saturated heterocycles. The van der Waals surface area contributed by atoms with E-state index in [0.29, 0.717) is 0 Å². The van der Waals surface area contributed by atoms with Gasteiger partial charge in [-0.1, -0.05) is 0 Å². The third-order valence-corrected chi connectivity index (χ3v) is 6.11. The summed E-state index contributed by atoms with van der Waals surface area (Å²) >= 11 is -4.04. The molecule has 0 aliphatic carbocycles. The number of rotatable bonds is 2. The fourth-order valence-electron chi connectivity index (χ4n) is 0.0227. The molecule has 32 valence electrons. The normalized spacial score (nSPS) is 4.00. The summed E-state index contributed by atoms with van der Waals surface area (Å²) < 4.78 is 22.9. The van der Waals surface area contributed by atoms with Gasteiger partial charge in [0.25, 0.3) is 0 Å². The van der Waals surface area contributed by atoms with E-state index < -0.39 is 75.7 Å². The Morgan fingerprint density at radius 1 is 1.17 bits per heavy atom. The average molecular weight is 431 g/mol. The number of hydrogen-bond donors (Lipinski definition) is 0. The topological polar surface area (TPSA) is 43.4 Å². The van der Waals surface area contributed by atoms with Crippen molar-refractivity contribution in [3.8, 4) is 0 Å². The van der Waals surface area contributed by atoms with Gasteiger partial charge in [-0.3, -0.25) is 0 Å². The van der Waals surface area contributed by atoms with Crippen LogP contribution in [0.4, 0.5) is 0 Å². The van der Waals surface area contributed by atoms with Crippen molar-refractivity contribution in [3.63, 3.8) is 0 Å². The first-order chi connectivity index (χ1) is 2.41. The minimum absolute atomic E-state index is 0. The minimum Gasteiger partial charge on any atom is 0 e. The summed E-state index contributed by atoms with van der Waals surface area (Å²) in [6.45, 7) is 0. The Morgan fingerprint density at radius 3 is 1.50 bits per heavy atom. The predicted molar refractivity (Wildman–Crippen MR) is 2.46 cm³/mol. The molecule has 0 amide bonds. The first kappa shape index (κ1) is 11.7. The van der Waals surface area contributed by atoms with Crippen molar-refractivity contribution < 1.29 is 94.4 Å². The number of hydrogen-bond acceptors (Lipinski definition) is 3. The maximum absolute atomic E-state index is 9.37. The van der Waals surface area contributed by atoms with Gasteiger partial charge in [0.2, 0.25) is 0 Å². The smallest absolute Gasteiger partial charge is 0 e. The second-order valence-corrected chi connectivity index (χ2v) is 8.91. The fraction of sp³-hybridized carbons (Fsp3) is 0. The Hall–Kier alpha value is 2.91. The molecule has 0 atom stereocenters.